The fourth-order valence-electron chi connectivity index (χ4n) is 3.16. The van der Waals surface area contributed by atoms with E-state index in [2.05, 4.69) is 10.3 Å². The van der Waals surface area contributed by atoms with E-state index in [-0.39, 0.29) is 5.91 Å². The number of carbonyl (C=O) groups is 1. The van der Waals surface area contributed by atoms with Gasteiger partial charge in [-0.15, -0.1) is 0 Å². The van der Waals surface area contributed by atoms with Gasteiger partial charge in [-0.25, -0.2) is 4.98 Å². The zero-order valence-electron chi connectivity index (χ0n) is 15.5. The quantitative estimate of drug-likeness (QED) is 0.670. The third kappa shape index (κ3) is 4.10. The monoisotopic (exact) mass is 393 g/mol. The Hall–Kier alpha value is -3.05. The van der Waals surface area contributed by atoms with Gasteiger partial charge in [-0.3, -0.25) is 4.79 Å². The summed E-state index contributed by atoms with van der Waals surface area (Å²) in [4.78, 5) is 16.7. The molecule has 0 aliphatic heterocycles. The molecule has 0 radical (unpaired) electrons. The summed E-state index contributed by atoms with van der Waals surface area (Å²) in [5, 5.41) is 3.63. The highest BCUT2D eigenvalue weighted by molar-refractivity contribution is 6.30. The van der Waals surface area contributed by atoms with E-state index >= 15 is 0 Å². The van der Waals surface area contributed by atoms with Crippen LogP contribution in [-0.2, 0) is 17.9 Å². The first-order valence-corrected chi connectivity index (χ1v) is 9.45. The molecule has 1 aliphatic carbocycles. The molecule has 2 aromatic heterocycles. The molecule has 0 fully saturated rings. The lowest BCUT2D eigenvalue weighted by Crippen LogP contribution is -2.23. The summed E-state index contributed by atoms with van der Waals surface area (Å²) in [6.07, 6.45) is 8.14. The average Bonchev–Trinajstić information content (AvgIpc) is 3.43. The van der Waals surface area contributed by atoms with E-state index in [9.17, 15) is 4.79 Å². The molecule has 6 heteroatoms. The van der Waals surface area contributed by atoms with Crippen molar-refractivity contribution in [3.63, 3.8) is 0 Å². The Morgan fingerprint density at radius 1 is 1.18 bits per heavy atom. The molecule has 4 rings (SSSR count). The van der Waals surface area contributed by atoms with Gasteiger partial charge < -0.3 is 14.3 Å². The Bertz CT molecular complexity index is 1060. The zero-order valence-corrected chi connectivity index (χ0v) is 16.2. The van der Waals surface area contributed by atoms with Crippen molar-refractivity contribution in [2.75, 3.05) is 0 Å². The second-order valence-corrected chi connectivity index (χ2v) is 7.16. The summed E-state index contributed by atoms with van der Waals surface area (Å²) < 4.78 is 7.83. The minimum atomic E-state index is -0.0800. The normalized spacial score (nSPS) is 13.4. The van der Waals surface area contributed by atoms with Crippen LogP contribution in [-0.4, -0.2) is 15.5 Å². The number of aryl methyl sites for hydroxylation is 1. The van der Waals surface area contributed by atoms with E-state index in [1.165, 1.54) is 0 Å². The van der Waals surface area contributed by atoms with Crippen molar-refractivity contribution >= 4 is 23.1 Å². The van der Waals surface area contributed by atoms with Crippen LogP contribution in [0.3, 0.4) is 0 Å². The average molecular weight is 394 g/mol. The number of nitrogens with zero attached hydrogens (tertiary/aromatic N) is 2. The van der Waals surface area contributed by atoms with Crippen LogP contribution in [0.2, 0.25) is 5.02 Å². The van der Waals surface area contributed by atoms with Crippen molar-refractivity contribution in [1.82, 2.24) is 14.9 Å². The van der Waals surface area contributed by atoms with Gasteiger partial charge >= 0.3 is 0 Å². The predicted octanol–water partition coefficient (Wildman–Crippen LogP) is 4.52. The summed E-state index contributed by atoms with van der Waals surface area (Å²) >= 11 is 5.94. The van der Waals surface area contributed by atoms with E-state index in [4.69, 9.17) is 16.0 Å². The standard InChI is InChI=1S/C22H20ClN3O2/c1-15-24-10-11-26(15)14-21-9-8-20(28-21)13-25-22(27)18-3-2-17(12-18)16-4-6-19(23)7-5-16/h2-11H,12-14H2,1H3,(H,25,27). The van der Waals surface area contributed by atoms with Crippen LogP contribution >= 0.6 is 11.6 Å². The molecule has 0 atom stereocenters. The maximum absolute atomic E-state index is 12.5. The molecule has 0 unspecified atom stereocenters. The number of furan rings is 1. The summed E-state index contributed by atoms with van der Waals surface area (Å²) in [5.41, 5.74) is 2.93. The van der Waals surface area contributed by atoms with E-state index in [1.54, 1.807) is 6.20 Å². The molecule has 142 valence electrons. The Morgan fingerprint density at radius 2 is 1.96 bits per heavy atom. The fourth-order valence-corrected chi connectivity index (χ4v) is 3.29. The van der Waals surface area contributed by atoms with Crippen LogP contribution in [0.5, 0.6) is 0 Å². The number of rotatable bonds is 6. The second-order valence-electron chi connectivity index (χ2n) is 6.72. The van der Waals surface area contributed by atoms with Crippen molar-refractivity contribution in [3.8, 4) is 0 Å². The first kappa shape index (κ1) is 18.3. The van der Waals surface area contributed by atoms with Crippen molar-refractivity contribution in [3.05, 3.63) is 94.4 Å². The maximum atomic E-state index is 12.5. The Labute approximate surface area is 168 Å². The molecule has 2 heterocycles. The number of amides is 1. The van der Waals surface area contributed by atoms with Gasteiger partial charge in [-0.1, -0.05) is 35.9 Å². The Balaban J connectivity index is 1.29. The van der Waals surface area contributed by atoms with Crippen molar-refractivity contribution < 1.29 is 9.21 Å². The topological polar surface area (TPSA) is 60.1 Å². The van der Waals surface area contributed by atoms with E-state index in [0.29, 0.717) is 24.5 Å². The van der Waals surface area contributed by atoms with E-state index in [1.807, 2.05) is 66.2 Å². The molecule has 0 saturated carbocycles. The molecule has 0 saturated heterocycles. The maximum Gasteiger partial charge on any atom is 0.247 e. The smallest absolute Gasteiger partial charge is 0.247 e. The third-order valence-corrected chi connectivity index (χ3v) is 5.02. The number of hydrogen-bond donors (Lipinski definition) is 1. The number of nitrogens with one attached hydrogen (secondary N) is 1. The van der Waals surface area contributed by atoms with Gasteiger partial charge in [0.15, 0.2) is 0 Å². The second kappa shape index (κ2) is 7.90. The summed E-state index contributed by atoms with van der Waals surface area (Å²) in [6, 6.07) is 11.5. The van der Waals surface area contributed by atoms with Gasteiger partial charge in [0.1, 0.15) is 17.3 Å². The number of allylic oxidation sites excluding steroid dienone is 3. The lowest BCUT2D eigenvalue weighted by Gasteiger charge is -2.07. The summed E-state index contributed by atoms with van der Waals surface area (Å²) in [6.45, 7) is 2.93. The number of carbonyl (C=O) groups excluding carboxylic acids is 1. The van der Waals surface area contributed by atoms with Crippen LogP contribution in [0.15, 0.2) is 70.9 Å². The first-order valence-electron chi connectivity index (χ1n) is 9.08. The molecule has 1 N–H and O–H groups in total. The molecule has 0 spiro atoms. The molecule has 28 heavy (non-hydrogen) atoms. The SMILES string of the molecule is Cc1nccn1Cc1ccc(CNC(=O)C2=CC=C(c3ccc(Cl)cc3)C2)o1. The number of imidazole rings is 1. The molecular formula is C22H20ClN3O2. The number of aromatic nitrogens is 2. The number of halogens is 1. The molecule has 1 amide bonds. The predicted molar refractivity (Wildman–Crippen MR) is 109 cm³/mol. The van der Waals surface area contributed by atoms with Gasteiger partial charge in [-0.2, -0.15) is 0 Å². The van der Waals surface area contributed by atoms with Crippen LogP contribution in [0, 0.1) is 6.92 Å². The first-order chi connectivity index (χ1) is 13.6. The third-order valence-electron chi connectivity index (χ3n) is 4.76. The van der Waals surface area contributed by atoms with Gasteiger partial charge in [-0.05, 0) is 42.3 Å². The van der Waals surface area contributed by atoms with Crippen LogP contribution in [0.25, 0.3) is 5.57 Å². The number of benzene rings is 1. The van der Waals surface area contributed by atoms with Gasteiger partial charge in [0, 0.05) is 29.4 Å². The Morgan fingerprint density at radius 3 is 2.71 bits per heavy atom. The minimum absolute atomic E-state index is 0.0800. The zero-order chi connectivity index (χ0) is 19.5. The summed E-state index contributed by atoms with van der Waals surface area (Å²) in [7, 11) is 0. The van der Waals surface area contributed by atoms with E-state index in [0.717, 1.165) is 34.1 Å². The van der Waals surface area contributed by atoms with Gasteiger partial charge in [0.2, 0.25) is 5.91 Å². The van der Waals surface area contributed by atoms with Gasteiger partial charge in [0.25, 0.3) is 0 Å². The lowest BCUT2D eigenvalue weighted by atomic mass is 10.0. The van der Waals surface area contributed by atoms with Crippen molar-refractivity contribution in [1.29, 1.82) is 0 Å². The molecule has 5 nitrogen and oxygen atoms in total. The largest absolute Gasteiger partial charge is 0.462 e. The van der Waals surface area contributed by atoms with Crippen LogP contribution in [0.4, 0.5) is 0 Å². The molecule has 0 bridgehead atoms. The molecule has 1 aliphatic rings. The van der Waals surface area contributed by atoms with Gasteiger partial charge in [0.05, 0.1) is 13.1 Å². The number of hydrogen-bond acceptors (Lipinski definition) is 3. The Kier molecular flexibility index (Phi) is 5.17. The molecule has 1 aromatic carbocycles. The summed E-state index contributed by atoms with van der Waals surface area (Å²) in [5.74, 6) is 2.41. The van der Waals surface area contributed by atoms with Crippen molar-refractivity contribution in [2.45, 2.75) is 26.4 Å². The van der Waals surface area contributed by atoms with E-state index < -0.39 is 0 Å². The molecule has 3 aromatic rings. The van der Waals surface area contributed by atoms with Crippen LogP contribution in [0.1, 0.15) is 29.3 Å². The van der Waals surface area contributed by atoms with Crippen LogP contribution < -0.4 is 5.32 Å². The highest BCUT2D eigenvalue weighted by Crippen LogP contribution is 2.29. The van der Waals surface area contributed by atoms with Crippen molar-refractivity contribution in [2.24, 2.45) is 0 Å². The molecular weight excluding hydrogens is 374 g/mol. The fraction of sp³-hybridized carbons (Fsp3) is 0.182. The minimum Gasteiger partial charge on any atom is -0.462 e. The lowest BCUT2D eigenvalue weighted by molar-refractivity contribution is -0.117. The highest BCUT2D eigenvalue weighted by atomic mass is 35.5. The highest BCUT2D eigenvalue weighted by Gasteiger charge is 2.17.